The summed E-state index contributed by atoms with van der Waals surface area (Å²) >= 11 is 1.10. The number of carboxylic acids is 2. The van der Waals surface area contributed by atoms with E-state index in [1.165, 1.54) is 24.5 Å². The zero-order valence-corrected chi connectivity index (χ0v) is 18.2. The summed E-state index contributed by atoms with van der Waals surface area (Å²) in [4.78, 5) is 27.4. The number of nitrogens with one attached hydrogen (secondary N) is 1. The first-order chi connectivity index (χ1) is 15.2. The highest BCUT2D eigenvalue weighted by molar-refractivity contribution is 7.93. The van der Waals surface area contributed by atoms with Gasteiger partial charge in [0.05, 0.1) is 0 Å². The SMILES string of the molecule is CNCc1cc(-c2cccnc2F)c(S(=O)(=O)c2ccccn2)s1.O=C(O)C=CC(=O)O. The van der Waals surface area contributed by atoms with Gasteiger partial charge in [0.25, 0.3) is 0 Å². The summed E-state index contributed by atoms with van der Waals surface area (Å²) in [6.45, 7) is 0.483. The zero-order chi connectivity index (χ0) is 23.7. The summed E-state index contributed by atoms with van der Waals surface area (Å²) < 4.78 is 40.1. The molecule has 3 N–H and O–H groups in total. The van der Waals surface area contributed by atoms with E-state index >= 15 is 0 Å². The van der Waals surface area contributed by atoms with E-state index in [0.29, 0.717) is 24.3 Å². The van der Waals surface area contributed by atoms with Gasteiger partial charge < -0.3 is 15.5 Å². The van der Waals surface area contributed by atoms with Crippen LogP contribution in [0, 0.1) is 5.95 Å². The molecule has 0 amide bonds. The summed E-state index contributed by atoms with van der Waals surface area (Å²) in [5, 5.41) is 18.5. The summed E-state index contributed by atoms with van der Waals surface area (Å²) in [5.41, 5.74) is 0.465. The minimum Gasteiger partial charge on any atom is -0.478 e. The van der Waals surface area contributed by atoms with E-state index < -0.39 is 27.7 Å². The first-order valence-electron chi connectivity index (χ1n) is 8.85. The number of thiophene rings is 1. The predicted molar refractivity (Wildman–Crippen MR) is 114 cm³/mol. The zero-order valence-electron chi connectivity index (χ0n) is 16.6. The summed E-state index contributed by atoms with van der Waals surface area (Å²) in [5.74, 6) is -3.22. The van der Waals surface area contributed by atoms with Crippen molar-refractivity contribution >= 4 is 33.1 Å². The average Bonchev–Trinajstić information content (AvgIpc) is 3.18. The number of halogens is 1. The van der Waals surface area contributed by atoms with Crippen LogP contribution in [0.25, 0.3) is 11.1 Å². The van der Waals surface area contributed by atoms with Gasteiger partial charge in [0.2, 0.25) is 15.8 Å². The molecule has 0 aliphatic heterocycles. The third-order valence-corrected chi connectivity index (χ3v) is 7.01. The first-order valence-corrected chi connectivity index (χ1v) is 11.1. The Kier molecular flexibility index (Phi) is 8.70. The van der Waals surface area contributed by atoms with Crippen molar-refractivity contribution in [3.8, 4) is 11.1 Å². The Morgan fingerprint density at radius 1 is 1.06 bits per heavy atom. The monoisotopic (exact) mass is 479 g/mol. The Hall–Kier alpha value is -3.48. The van der Waals surface area contributed by atoms with Gasteiger partial charge in [-0.05, 0) is 37.4 Å². The molecule has 0 aromatic carbocycles. The fraction of sp³-hybridized carbons (Fsp3) is 0.100. The van der Waals surface area contributed by atoms with Crippen molar-refractivity contribution in [1.29, 1.82) is 0 Å². The van der Waals surface area contributed by atoms with Crippen LogP contribution in [0.4, 0.5) is 4.39 Å². The van der Waals surface area contributed by atoms with E-state index in [4.69, 9.17) is 10.2 Å². The molecule has 0 aliphatic carbocycles. The van der Waals surface area contributed by atoms with E-state index in [-0.39, 0.29) is 14.8 Å². The molecular formula is C20H18FN3O6S2. The molecule has 9 nitrogen and oxygen atoms in total. The third kappa shape index (κ3) is 6.51. The number of rotatable bonds is 7. The van der Waals surface area contributed by atoms with E-state index in [2.05, 4.69) is 15.3 Å². The largest absolute Gasteiger partial charge is 0.478 e. The van der Waals surface area contributed by atoms with Gasteiger partial charge in [-0.25, -0.2) is 28.0 Å². The summed E-state index contributed by atoms with van der Waals surface area (Å²) in [7, 11) is -2.09. The lowest BCUT2D eigenvalue weighted by molar-refractivity contribution is -0.134. The second kappa shape index (κ2) is 11.2. The molecule has 0 atom stereocenters. The van der Waals surface area contributed by atoms with E-state index in [0.717, 1.165) is 16.2 Å². The van der Waals surface area contributed by atoms with Crippen LogP contribution in [0.2, 0.25) is 0 Å². The smallest absolute Gasteiger partial charge is 0.328 e. The Labute approximate surface area is 186 Å². The Balaban J connectivity index is 0.000000390. The lowest BCUT2D eigenvalue weighted by Crippen LogP contribution is -2.04. The maximum Gasteiger partial charge on any atom is 0.328 e. The van der Waals surface area contributed by atoms with Gasteiger partial charge in [-0.15, -0.1) is 11.3 Å². The van der Waals surface area contributed by atoms with Crippen LogP contribution in [0.1, 0.15) is 4.88 Å². The lowest BCUT2D eigenvalue weighted by atomic mass is 10.1. The van der Waals surface area contributed by atoms with Crippen LogP contribution >= 0.6 is 11.3 Å². The van der Waals surface area contributed by atoms with Crippen LogP contribution in [0.5, 0.6) is 0 Å². The molecule has 3 aromatic rings. The molecule has 3 heterocycles. The van der Waals surface area contributed by atoms with Gasteiger partial charge in [-0.2, -0.15) is 4.39 Å². The first kappa shape index (κ1) is 24.8. The van der Waals surface area contributed by atoms with Gasteiger partial charge >= 0.3 is 11.9 Å². The number of sulfone groups is 1. The van der Waals surface area contributed by atoms with Crippen LogP contribution in [0.3, 0.4) is 0 Å². The molecule has 0 aliphatic rings. The van der Waals surface area contributed by atoms with E-state index in [1.54, 1.807) is 31.3 Å². The second-order valence-electron chi connectivity index (χ2n) is 5.97. The van der Waals surface area contributed by atoms with Crippen LogP contribution < -0.4 is 5.32 Å². The molecule has 3 rings (SSSR count). The molecule has 0 saturated heterocycles. The number of aromatic nitrogens is 2. The van der Waals surface area contributed by atoms with E-state index in [1.807, 2.05) is 0 Å². The highest BCUT2D eigenvalue weighted by Gasteiger charge is 2.27. The van der Waals surface area contributed by atoms with Crippen molar-refractivity contribution in [3.63, 3.8) is 0 Å². The predicted octanol–water partition coefficient (Wildman–Crippen LogP) is 2.61. The molecule has 168 valence electrons. The molecule has 0 unspecified atom stereocenters. The quantitative estimate of drug-likeness (QED) is 0.344. The minimum atomic E-state index is -3.85. The van der Waals surface area contributed by atoms with Crippen LogP contribution in [-0.4, -0.2) is 47.6 Å². The lowest BCUT2D eigenvalue weighted by Gasteiger charge is -2.05. The molecule has 0 fully saturated rings. The topological polar surface area (TPSA) is 147 Å². The van der Waals surface area contributed by atoms with E-state index in [9.17, 15) is 22.4 Å². The van der Waals surface area contributed by atoms with Crippen molar-refractivity contribution < 1.29 is 32.6 Å². The molecule has 0 spiro atoms. The number of hydrogen-bond acceptors (Lipinski definition) is 8. The fourth-order valence-electron chi connectivity index (χ4n) is 2.40. The van der Waals surface area contributed by atoms with Crippen molar-refractivity contribution in [1.82, 2.24) is 15.3 Å². The number of carbonyl (C=O) groups is 2. The number of pyridine rings is 2. The molecule has 32 heavy (non-hydrogen) atoms. The van der Waals surface area contributed by atoms with Crippen molar-refractivity contribution in [2.45, 2.75) is 15.8 Å². The second-order valence-corrected chi connectivity index (χ2v) is 9.20. The maximum absolute atomic E-state index is 14.1. The number of hydrogen-bond donors (Lipinski definition) is 3. The van der Waals surface area contributed by atoms with Crippen molar-refractivity contribution in [2.75, 3.05) is 7.05 Å². The average molecular weight is 480 g/mol. The number of aliphatic carboxylic acids is 2. The Morgan fingerprint density at radius 3 is 2.25 bits per heavy atom. The van der Waals surface area contributed by atoms with Gasteiger partial charge in [0, 0.05) is 47.1 Å². The number of nitrogens with zero attached hydrogens (tertiary/aromatic N) is 2. The molecule has 0 saturated carbocycles. The third-order valence-electron chi connectivity index (χ3n) is 3.67. The van der Waals surface area contributed by atoms with Gasteiger partial charge in [0.15, 0.2) is 5.03 Å². The maximum atomic E-state index is 14.1. The highest BCUT2D eigenvalue weighted by Crippen LogP contribution is 2.38. The molecule has 12 heteroatoms. The Morgan fingerprint density at radius 2 is 1.72 bits per heavy atom. The normalized spacial score (nSPS) is 11.1. The van der Waals surface area contributed by atoms with Crippen LogP contribution in [-0.2, 0) is 26.0 Å². The van der Waals surface area contributed by atoms with Crippen molar-refractivity contribution in [2.24, 2.45) is 0 Å². The minimum absolute atomic E-state index is 0.0617. The molecule has 0 bridgehead atoms. The van der Waals surface area contributed by atoms with Gasteiger partial charge in [-0.3, -0.25) is 0 Å². The summed E-state index contributed by atoms with van der Waals surface area (Å²) in [6.07, 6.45) is 3.86. The fourth-order valence-corrected chi connectivity index (χ4v) is 5.43. The standard InChI is InChI=1S/C16H14FN3O2S2.C4H4O4/c1-18-10-11-9-13(12-5-4-8-20-15(12)17)16(23-11)24(21,22)14-6-2-3-7-19-14;5-3(6)1-2-4(7)8/h2-9,18H,10H2,1H3;1-2H,(H,5,6)(H,7,8). The number of carboxylic acid groups (broad SMARTS) is 2. The highest BCUT2D eigenvalue weighted by atomic mass is 32.2. The Bertz CT molecular complexity index is 1210. The molecular weight excluding hydrogens is 461 g/mol. The molecule has 0 radical (unpaired) electrons. The van der Waals surface area contributed by atoms with Crippen molar-refractivity contribution in [3.05, 3.63) is 71.8 Å². The van der Waals surface area contributed by atoms with Gasteiger partial charge in [-0.1, -0.05) is 6.07 Å². The van der Waals surface area contributed by atoms with Crippen LogP contribution in [0.15, 0.2) is 70.2 Å². The van der Waals surface area contributed by atoms with Gasteiger partial charge in [0.1, 0.15) is 4.21 Å². The molecule has 3 aromatic heterocycles. The summed E-state index contributed by atoms with van der Waals surface area (Å²) in [6, 6.07) is 9.44.